The summed E-state index contributed by atoms with van der Waals surface area (Å²) in [7, 11) is 3.60. The molecule has 0 aliphatic rings. The van der Waals surface area contributed by atoms with Crippen LogP contribution < -0.4 is 0 Å². The number of nitrogens with zero attached hydrogens (tertiary/aromatic N) is 2. The standard InChI is InChI=1S/C5H11FN2/c1-5(6)7-4-8(2)3/h4-5H,1-3H3/b7-4-. The zero-order valence-electron chi connectivity index (χ0n) is 5.43. The monoisotopic (exact) mass is 118 g/mol. The summed E-state index contributed by atoms with van der Waals surface area (Å²) in [6, 6.07) is 0. The van der Waals surface area contributed by atoms with Crippen LogP contribution in [0.4, 0.5) is 4.39 Å². The molecule has 0 spiro atoms. The number of halogens is 1. The van der Waals surface area contributed by atoms with E-state index in [9.17, 15) is 4.39 Å². The average molecular weight is 118 g/mol. The SMILES string of the molecule is CC(F)/N=C\N(C)C. The van der Waals surface area contributed by atoms with Gasteiger partial charge in [0, 0.05) is 14.1 Å². The van der Waals surface area contributed by atoms with E-state index in [-0.39, 0.29) is 0 Å². The number of alkyl halides is 1. The summed E-state index contributed by atoms with van der Waals surface area (Å²) in [6.45, 7) is 1.39. The Bertz CT molecular complexity index is 68.5. The molecular formula is C5H11FN2. The van der Waals surface area contributed by atoms with Crippen molar-refractivity contribution < 1.29 is 4.39 Å². The van der Waals surface area contributed by atoms with E-state index in [1.807, 2.05) is 0 Å². The highest BCUT2D eigenvalue weighted by molar-refractivity contribution is 5.53. The van der Waals surface area contributed by atoms with E-state index >= 15 is 0 Å². The van der Waals surface area contributed by atoms with Gasteiger partial charge in [-0.25, -0.2) is 9.38 Å². The van der Waals surface area contributed by atoms with Gasteiger partial charge in [0.05, 0.1) is 6.34 Å². The fourth-order valence-corrected chi connectivity index (χ4v) is 0.225. The highest BCUT2D eigenvalue weighted by Gasteiger charge is 1.86. The van der Waals surface area contributed by atoms with Gasteiger partial charge >= 0.3 is 0 Å². The Balaban J connectivity index is 3.34. The second-order valence-corrected chi connectivity index (χ2v) is 1.80. The van der Waals surface area contributed by atoms with Crippen molar-refractivity contribution in [2.45, 2.75) is 13.2 Å². The van der Waals surface area contributed by atoms with Crippen molar-refractivity contribution in [1.82, 2.24) is 4.90 Å². The van der Waals surface area contributed by atoms with E-state index in [1.165, 1.54) is 13.3 Å². The zero-order chi connectivity index (χ0) is 6.57. The number of rotatable bonds is 2. The first-order valence-corrected chi connectivity index (χ1v) is 2.46. The van der Waals surface area contributed by atoms with Gasteiger partial charge in [0.25, 0.3) is 0 Å². The molecule has 0 aromatic rings. The Hall–Kier alpha value is -0.600. The molecule has 0 aliphatic heterocycles. The normalized spacial score (nSPS) is 14.5. The molecule has 0 N–H and O–H groups in total. The van der Waals surface area contributed by atoms with Gasteiger partial charge in [0.2, 0.25) is 0 Å². The predicted octanol–water partition coefficient (Wildman–Crippen LogP) is 0.892. The van der Waals surface area contributed by atoms with E-state index in [0.717, 1.165) is 0 Å². The fourth-order valence-electron chi connectivity index (χ4n) is 0.225. The minimum atomic E-state index is -1.09. The van der Waals surface area contributed by atoms with Crippen molar-refractivity contribution in [2.24, 2.45) is 4.99 Å². The van der Waals surface area contributed by atoms with Crippen LogP contribution in [0.1, 0.15) is 6.92 Å². The number of hydrogen-bond acceptors (Lipinski definition) is 1. The van der Waals surface area contributed by atoms with Gasteiger partial charge in [-0.1, -0.05) is 0 Å². The Morgan fingerprint density at radius 1 is 1.62 bits per heavy atom. The van der Waals surface area contributed by atoms with E-state index in [2.05, 4.69) is 4.99 Å². The summed E-state index contributed by atoms with van der Waals surface area (Å²) >= 11 is 0. The van der Waals surface area contributed by atoms with Crippen LogP contribution in [0, 0.1) is 0 Å². The molecule has 0 heterocycles. The first-order chi connectivity index (χ1) is 3.63. The molecule has 48 valence electrons. The minimum Gasteiger partial charge on any atom is -0.369 e. The molecule has 0 saturated heterocycles. The average Bonchev–Trinajstić information content (AvgIpc) is 1.61. The molecule has 0 aromatic heterocycles. The smallest absolute Gasteiger partial charge is 0.188 e. The second kappa shape index (κ2) is 3.41. The van der Waals surface area contributed by atoms with Gasteiger partial charge < -0.3 is 4.90 Å². The molecule has 0 rings (SSSR count). The van der Waals surface area contributed by atoms with E-state index < -0.39 is 6.30 Å². The summed E-state index contributed by atoms with van der Waals surface area (Å²) in [5.41, 5.74) is 0. The highest BCUT2D eigenvalue weighted by atomic mass is 19.1. The molecule has 0 aromatic carbocycles. The molecule has 0 saturated carbocycles. The summed E-state index contributed by atoms with van der Waals surface area (Å²) in [4.78, 5) is 5.15. The fraction of sp³-hybridized carbons (Fsp3) is 0.800. The molecule has 0 fully saturated rings. The van der Waals surface area contributed by atoms with Gasteiger partial charge in [-0.2, -0.15) is 0 Å². The van der Waals surface area contributed by atoms with Gasteiger partial charge in [0.1, 0.15) is 0 Å². The first-order valence-electron chi connectivity index (χ1n) is 2.46. The molecule has 3 heteroatoms. The maximum absolute atomic E-state index is 11.8. The predicted molar refractivity (Wildman–Crippen MR) is 32.7 cm³/mol. The van der Waals surface area contributed by atoms with E-state index in [0.29, 0.717) is 0 Å². The van der Waals surface area contributed by atoms with Crippen molar-refractivity contribution in [3.63, 3.8) is 0 Å². The quantitative estimate of drug-likeness (QED) is 0.299. The van der Waals surface area contributed by atoms with Gasteiger partial charge in [-0.3, -0.25) is 0 Å². The molecule has 1 unspecified atom stereocenters. The Morgan fingerprint density at radius 3 is 2.25 bits per heavy atom. The lowest BCUT2D eigenvalue weighted by Crippen LogP contribution is -2.08. The van der Waals surface area contributed by atoms with Crippen LogP contribution in [0.3, 0.4) is 0 Å². The van der Waals surface area contributed by atoms with Crippen LogP contribution in [0.15, 0.2) is 4.99 Å². The maximum atomic E-state index is 11.8. The Kier molecular flexibility index (Phi) is 3.15. The van der Waals surface area contributed by atoms with Crippen LogP contribution >= 0.6 is 0 Å². The van der Waals surface area contributed by atoms with Crippen molar-refractivity contribution in [3.05, 3.63) is 0 Å². The lowest BCUT2D eigenvalue weighted by atomic mass is 10.7. The van der Waals surface area contributed by atoms with Crippen molar-refractivity contribution in [2.75, 3.05) is 14.1 Å². The number of aliphatic imine (C=N–C) groups is 1. The summed E-state index contributed by atoms with van der Waals surface area (Å²) < 4.78 is 11.8. The van der Waals surface area contributed by atoms with E-state index in [1.54, 1.807) is 19.0 Å². The lowest BCUT2D eigenvalue weighted by molar-refractivity contribution is 0.374. The first kappa shape index (κ1) is 7.40. The molecule has 0 radical (unpaired) electrons. The second-order valence-electron chi connectivity index (χ2n) is 1.80. The highest BCUT2D eigenvalue weighted by Crippen LogP contribution is 1.86. The molecule has 0 amide bonds. The van der Waals surface area contributed by atoms with Gasteiger partial charge in [0.15, 0.2) is 6.30 Å². The maximum Gasteiger partial charge on any atom is 0.188 e. The van der Waals surface area contributed by atoms with Crippen molar-refractivity contribution >= 4 is 6.34 Å². The molecule has 8 heavy (non-hydrogen) atoms. The summed E-state index contributed by atoms with van der Waals surface area (Å²) in [6.07, 6.45) is 0.363. The van der Waals surface area contributed by atoms with Crippen LogP contribution in [0.25, 0.3) is 0 Å². The third-order valence-electron chi connectivity index (χ3n) is 0.503. The third-order valence-corrected chi connectivity index (χ3v) is 0.503. The molecule has 0 aliphatic carbocycles. The Morgan fingerprint density at radius 2 is 2.12 bits per heavy atom. The zero-order valence-corrected chi connectivity index (χ0v) is 5.43. The molecule has 0 bridgehead atoms. The molecule has 2 nitrogen and oxygen atoms in total. The largest absolute Gasteiger partial charge is 0.369 e. The third kappa shape index (κ3) is 5.40. The lowest BCUT2D eigenvalue weighted by Gasteiger charge is -2.01. The van der Waals surface area contributed by atoms with Gasteiger partial charge in [-0.15, -0.1) is 0 Å². The van der Waals surface area contributed by atoms with Crippen LogP contribution in [-0.2, 0) is 0 Å². The van der Waals surface area contributed by atoms with Gasteiger partial charge in [-0.05, 0) is 6.92 Å². The molecule has 1 atom stereocenters. The minimum absolute atomic E-state index is 1.09. The van der Waals surface area contributed by atoms with Crippen LogP contribution in [0.2, 0.25) is 0 Å². The topological polar surface area (TPSA) is 15.6 Å². The van der Waals surface area contributed by atoms with E-state index in [4.69, 9.17) is 0 Å². The van der Waals surface area contributed by atoms with Crippen molar-refractivity contribution in [3.8, 4) is 0 Å². The molecular weight excluding hydrogens is 107 g/mol. The Labute approximate surface area is 49.0 Å². The summed E-state index contributed by atoms with van der Waals surface area (Å²) in [5, 5.41) is 0. The summed E-state index contributed by atoms with van der Waals surface area (Å²) in [5.74, 6) is 0. The van der Waals surface area contributed by atoms with Crippen LogP contribution in [0.5, 0.6) is 0 Å². The van der Waals surface area contributed by atoms with Crippen LogP contribution in [-0.4, -0.2) is 31.6 Å². The number of hydrogen-bond donors (Lipinski definition) is 0. The van der Waals surface area contributed by atoms with Crippen molar-refractivity contribution in [1.29, 1.82) is 0 Å².